The van der Waals surface area contributed by atoms with Crippen LogP contribution in [-0.2, 0) is 14.3 Å². The van der Waals surface area contributed by atoms with Gasteiger partial charge in [-0.2, -0.15) is 0 Å². The van der Waals surface area contributed by atoms with Crippen LogP contribution in [0.1, 0.15) is 51.8 Å². The standard InChI is InChI=1S/C28H35N3O5/c1-9-31(26(33)23(18(2)3)30-27(34)36-28(5,6)7)24(20-12-10-19(4)11-13-20)25(32)29-21-14-16-22(35-8)17-15-21/h1,10-18,23-24H,2-8H3,(H,29,32)(H,30,34). The van der Waals surface area contributed by atoms with Gasteiger partial charge in [0.2, 0.25) is 0 Å². The maximum atomic E-state index is 13.7. The van der Waals surface area contributed by atoms with Crippen LogP contribution in [0.3, 0.4) is 0 Å². The summed E-state index contributed by atoms with van der Waals surface area (Å²) in [4.78, 5) is 40.6. The highest BCUT2D eigenvalue weighted by Crippen LogP contribution is 2.26. The molecule has 8 nitrogen and oxygen atoms in total. The number of rotatable bonds is 8. The van der Waals surface area contributed by atoms with E-state index >= 15 is 0 Å². The molecule has 2 rings (SSSR count). The molecule has 0 saturated heterocycles. The number of amides is 3. The van der Waals surface area contributed by atoms with Crippen LogP contribution in [0.2, 0.25) is 0 Å². The van der Waals surface area contributed by atoms with Gasteiger partial charge in [0.05, 0.1) is 7.11 Å². The molecule has 8 heteroatoms. The molecule has 3 amide bonds. The lowest BCUT2D eigenvalue weighted by Crippen LogP contribution is -2.53. The van der Waals surface area contributed by atoms with Gasteiger partial charge >= 0.3 is 6.09 Å². The van der Waals surface area contributed by atoms with E-state index in [0.29, 0.717) is 17.0 Å². The zero-order chi connectivity index (χ0) is 27.0. The average Bonchev–Trinajstić information content (AvgIpc) is 2.80. The highest BCUT2D eigenvalue weighted by molar-refractivity contribution is 5.99. The molecule has 0 spiro atoms. The minimum atomic E-state index is -1.15. The first kappa shape index (κ1) is 28.2. The second-order valence-corrected chi connectivity index (χ2v) is 9.74. The normalized spacial score (nSPS) is 12.6. The van der Waals surface area contributed by atoms with E-state index in [4.69, 9.17) is 15.9 Å². The second kappa shape index (κ2) is 12.1. The largest absolute Gasteiger partial charge is 0.497 e. The van der Waals surface area contributed by atoms with Gasteiger partial charge < -0.3 is 20.1 Å². The number of benzene rings is 2. The number of carbonyl (C=O) groups excluding carboxylic acids is 3. The molecule has 0 fully saturated rings. The van der Waals surface area contributed by atoms with Crippen LogP contribution in [0.5, 0.6) is 5.75 Å². The quantitative estimate of drug-likeness (QED) is 0.412. The van der Waals surface area contributed by atoms with Gasteiger partial charge in [0.1, 0.15) is 23.4 Å². The number of carbonyl (C=O) groups is 3. The summed E-state index contributed by atoms with van der Waals surface area (Å²) >= 11 is 0. The van der Waals surface area contributed by atoms with Crippen LogP contribution in [0, 0.1) is 25.3 Å². The fraction of sp³-hybridized carbons (Fsp3) is 0.393. The summed E-state index contributed by atoms with van der Waals surface area (Å²) in [6.07, 6.45) is 5.05. The Labute approximate surface area is 213 Å². The van der Waals surface area contributed by atoms with Crippen molar-refractivity contribution in [2.75, 3.05) is 12.4 Å². The highest BCUT2D eigenvalue weighted by atomic mass is 16.6. The monoisotopic (exact) mass is 493 g/mol. The third-order valence-electron chi connectivity index (χ3n) is 5.24. The van der Waals surface area contributed by atoms with Gasteiger partial charge in [0.25, 0.3) is 11.8 Å². The van der Waals surface area contributed by atoms with Gasteiger partial charge in [-0.3, -0.25) is 14.5 Å². The van der Waals surface area contributed by atoms with Crippen molar-refractivity contribution in [3.05, 3.63) is 59.7 Å². The fourth-order valence-corrected chi connectivity index (χ4v) is 3.41. The van der Waals surface area contributed by atoms with Crippen molar-refractivity contribution >= 4 is 23.6 Å². The first-order valence-electron chi connectivity index (χ1n) is 11.7. The molecule has 36 heavy (non-hydrogen) atoms. The first-order chi connectivity index (χ1) is 16.9. The molecule has 0 aliphatic carbocycles. The third kappa shape index (κ3) is 7.77. The average molecular weight is 494 g/mol. The summed E-state index contributed by atoms with van der Waals surface area (Å²) in [6.45, 7) is 10.6. The van der Waals surface area contributed by atoms with Crippen LogP contribution in [0.15, 0.2) is 48.5 Å². The Kier molecular flexibility index (Phi) is 9.51. The van der Waals surface area contributed by atoms with Crippen molar-refractivity contribution in [1.82, 2.24) is 10.2 Å². The number of anilines is 1. The minimum absolute atomic E-state index is 0.329. The van der Waals surface area contributed by atoms with Gasteiger partial charge in [-0.15, -0.1) is 0 Å². The number of aryl methyl sites for hydroxylation is 1. The molecule has 0 bridgehead atoms. The number of alkyl carbamates (subject to hydrolysis) is 1. The molecular weight excluding hydrogens is 458 g/mol. The molecule has 2 N–H and O–H groups in total. The number of nitrogens with one attached hydrogen (secondary N) is 2. The van der Waals surface area contributed by atoms with E-state index < -0.39 is 35.6 Å². The molecule has 0 aliphatic heterocycles. The Bertz CT molecular complexity index is 1100. The summed E-state index contributed by atoms with van der Waals surface area (Å²) in [6, 6.07) is 14.2. The molecule has 0 saturated carbocycles. The maximum Gasteiger partial charge on any atom is 0.408 e. The topological polar surface area (TPSA) is 97.0 Å². The second-order valence-electron chi connectivity index (χ2n) is 9.74. The first-order valence-corrected chi connectivity index (χ1v) is 11.7. The molecule has 2 aromatic carbocycles. The van der Waals surface area contributed by atoms with E-state index in [2.05, 4.69) is 16.7 Å². The van der Waals surface area contributed by atoms with Crippen LogP contribution in [0.25, 0.3) is 0 Å². The van der Waals surface area contributed by atoms with Crippen molar-refractivity contribution in [3.63, 3.8) is 0 Å². The lowest BCUT2D eigenvalue weighted by atomic mass is 9.99. The number of hydrogen-bond donors (Lipinski definition) is 2. The summed E-state index contributed by atoms with van der Waals surface area (Å²) in [5, 5.41) is 5.43. The minimum Gasteiger partial charge on any atom is -0.497 e. The Morgan fingerprint density at radius 2 is 1.58 bits per heavy atom. The van der Waals surface area contributed by atoms with E-state index in [1.54, 1.807) is 78.1 Å². The molecule has 0 aliphatic rings. The molecule has 0 aromatic heterocycles. The third-order valence-corrected chi connectivity index (χ3v) is 5.24. The molecule has 0 radical (unpaired) electrons. The predicted octanol–water partition coefficient (Wildman–Crippen LogP) is 4.65. The van der Waals surface area contributed by atoms with Gasteiger partial charge in [-0.05, 0) is 63.4 Å². The van der Waals surface area contributed by atoms with E-state index in [1.807, 2.05) is 19.1 Å². The summed E-state index contributed by atoms with van der Waals surface area (Å²) in [5.74, 6) is -0.801. The van der Waals surface area contributed by atoms with Crippen molar-refractivity contribution in [1.29, 1.82) is 0 Å². The highest BCUT2D eigenvalue weighted by Gasteiger charge is 2.37. The van der Waals surface area contributed by atoms with Crippen molar-refractivity contribution in [2.45, 2.75) is 59.2 Å². The lowest BCUT2D eigenvalue weighted by Gasteiger charge is -2.31. The Morgan fingerprint density at radius 3 is 2.06 bits per heavy atom. The zero-order valence-electron chi connectivity index (χ0n) is 21.9. The van der Waals surface area contributed by atoms with Gasteiger partial charge in [0, 0.05) is 11.7 Å². The van der Waals surface area contributed by atoms with Gasteiger partial charge in [-0.1, -0.05) is 50.1 Å². The molecule has 2 unspecified atom stereocenters. The molecular formula is C28H35N3O5. The maximum absolute atomic E-state index is 13.7. The Hall–Kier alpha value is -3.99. The zero-order valence-corrected chi connectivity index (χ0v) is 21.9. The smallest absolute Gasteiger partial charge is 0.408 e. The Balaban J connectivity index is 2.42. The van der Waals surface area contributed by atoms with Crippen LogP contribution < -0.4 is 15.4 Å². The number of nitrogens with zero attached hydrogens (tertiary/aromatic N) is 1. The van der Waals surface area contributed by atoms with E-state index in [1.165, 1.54) is 0 Å². The molecule has 0 heterocycles. The summed E-state index contributed by atoms with van der Waals surface area (Å²) in [7, 11) is 1.55. The summed E-state index contributed by atoms with van der Waals surface area (Å²) in [5.41, 5.74) is 1.27. The van der Waals surface area contributed by atoms with E-state index in [0.717, 1.165) is 10.5 Å². The SMILES string of the molecule is C#CN(C(=O)C(NC(=O)OC(C)(C)C)C(C)C)C(C(=O)Nc1ccc(OC)cc1)c1ccc(C)cc1. The number of terminal acetylenes is 1. The van der Waals surface area contributed by atoms with E-state index in [9.17, 15) is 14.4 Å². The molecule has 2 aromatic rings. The lowest BCUT2D eigenvalue weighted by molar-refractivity contribution is -0.137. The fourth-order valence-electron chi connectivity index (χ4n) is 3.41. The number of methoxy groups -OCH3 is 1. The van der Waals surface area contributed by atoms with Crippen LogP contribution >= 0.6 is 0 Å². The van der Waals surface area contributed by atoms with Crippen molar-refractivity contribution in [3.8, 4) is 18.2 Å². The predicted molar refractivity (Wildman–Crippen MR) is 139 cm³/mol. The van der Waals surface area contributed by atoms with Crippen molar-refractivity contribution < 1.29 is 23.9 Å². The number of hydrogen-bond acceptors (Lipinski definition) is 5. The molecule has 2 atom stereocenters. The van der Waals surface area contributed by atoms with Crippen LogP contribution in [0.4, 0.5) is 10.5 Å². The van der Waals surface area contributed by atoms with Crippen molar-refractivity contribution in [2.24, 2.45) is 5.92 Å². The van der Waals surface area contributed by atoms with Crippen LogP contribution in [-0.4, -0.2) is 41.6 Å². The molecule has 192 valence electrons. The van der Waals surface area contributed by atoms with Gasteiger partial charge in [0.15, 0.2) is 0 Å². The summed E-state index contributed by atoms with van der Waals surface area (Å²) < 4.78 is 10.5. The Morgan fingerprint density at radius 1 is 1.00 bits per heavy atom. The van der Waals surface area contributed by atoms with Gasteiger partial charge in [-0.25, -0.2) is 4.79 Å². The number of ether oxygens (including phenoxy) is 2. The van der Waals surface area contributed by atoms with E-state index in [-0.39, 0.29) is 5.92 Å².